The van der Waals surface area contributed by atoms with E-state index in [0.29, 0.717) is 6.54 Å². The molecule has 1 saturated heterocycles. The average Bonchev–Trinajstić information content (AvgIpc) is 3.26. The number of benzene rings is 1. The number of hydrogen-bond donors (Lipinski definition) is 1. The highest BCUT2D eigenvalue weighted by Gasteiger charge is 2.23. The minimum atomic E-state index is -0.461. The van der Waals surface area contributed by atoms with Crippen LogP contribution in [0, 0.1) is 5.82 Å². The van der Waals surface area contributed by atoms with Gasteiger partial charge in [0.05, 0.1) is 12.2 Å². The summed E-state index contributed by atoms with van der Waals surface area (Å²) in [6, 6.07) is 5.59. The summed E-state index contributed by atoms with van der Waals surface area (Å²) in [6.45, 7) is 2.52. The van der Waals surface area contributed by atoms with Crippen molar-refractivity contribution in [2.24, 2.45) is 0 Å². The zero-order valence-electron chi connectivity index (χ0n) is 14.5. The van der Waals surface area contributed by atoms with Gasteiger partial charge in [-0.15, -0.1) is 11.3 Å². The maximum absolute atomic E-state index is 13.1. The Balaban J connectivity index is 1.62. The molecular formula is C18H23FN4OS. The minimum Gasteiger partial charge on any atom is -0.349 e. The van der Waals surface area contributed by atoms with E-state index >= 15 is 0 Å². The van der Waals surface area contributed by atoms with Crippen LogP contribution < -0.4 is 10.2 Å². The Kier molecular flexibility index (Phi) is 5.65. The second-order valence-electron chi connectivity index (χ2n) is 6.45. The number of anilines is 1. The lowest BCUT2D eigenvalue weighted by molar-refractivity contribution is -0.126. The quantitative estimate of drug-likeness (QED) is 0.858. The molecule has 25 heavy (non-hydrogen) atoms. The van der Waals surface area contributed by atoms with Gasteiger partial charge in [-0.25, -0.2) is 9.37 Å². The highest BCUT2D eigenvalue weighted by atomic mass is 32.1. The van der Waals surface area contributed by atoms with Crippen molar-refractivity contribution in [3.05, 3.63) is 46.7 Å². The maximum atomic E-state index is 13.1. The topological polar surface area (TPSA) is 48.5 Å². The van der Waals surface area contributed by atoms with E-state index in [1.165, 1.54) is 25.0 Å². The zero-order valence-corrected chi connectivity index (χ0v) is 15.4. The van der Waals surface area contributed by atoms with Crippen molar-refractivity contribution in [3.8, 4) is 0 Å². The van der Waals surface area contributed by atoms with Crippen molar-refractivity contribution in [1.82, 2.24) is 15.2 Å². The Bertz CT molecular complexity index is 710. The van der Waals surface area contributed by atoms with Crippen LogP contribution in [0.5, 0.6) is 0 Å². The van der Waals surface area contributed by atoms with Gasteiger partial charge in [0, 0.05) is 18.5 Å². The predicted octanol–water partition coefficient (Wildman–Crippen LogP) is 2.80. The van der Waals surface area contributed by atoms with Gasteiger partial charge in [0.15, 0.2) is 5.13 Å². The first kappa shape index (κ1) is 17.8. The summed E-state index contributed by atoms with van der Waals surface area (Å²) in [4.78, 5) is 21.4. The zero-order chi connectivity index (χ0) is 17.8. The minimum absolute atomic E-state index is 0.118. The van der Waals surface area contributed by atoms with E-state index in [1.54, 1.807) is 23.5 Å². The highest BCUT2D eigenvalue weighted by Crippen LogP contribution is 2.24. The molecule has 134 valence electrons. The number of nitrogens with zero attached hydrogens (tertiary/aromatic N) is 3. The van der Waals surface area contributed by atoms with Gasteiger partial charge in [-0.1, -0.05) is 12.1 Å². The maximum Gasteiger partial charge on any atom is 0.242 e. The van der Waals surface area contributed by atoms with Crippen molar-refractivity contribution in [3.63, 3.8) is 0 Å². The predicted molar refractivity (Wildman–Crippen MR) is 98.2 cm³/mol. The highest BCUT2D eigenvalue weighted by molar-refractivity contribution is 7.13. The molecule has 2 heterocycles. The Morgan fingerprint density at radius 1 is 1.32 bits per heavy atom. The van der Waals surface area contributed by atoms with Crippen LogP contribution in [-0.2, 0) is 11.3 Å². The summed E-state index contributed by atoms with van der Waals surface area (Å²) >= 11 is 1.62. The van der Waals surface area contributed by atoms with Gasteiger partial charge in [-0.2, -0.15) is 0 Å². The molecule has 3 rings (SSSR count). The van der Waals surface area contributed by atoms with Crippen LogP contribution in [0.25, 0.3) is 0 Å². The van der Waals surface area contributed by atoms with E-state index in [0.717, 1.165) is 29.5 Å². The van der Waals surface area contributed by atoms with E-state index in [-0.39, 0.29) is 11.7 Å². The van der Waals surface area contributed by atoms with Crippen molar-refractivity contribution in [2.75, 3.05) is 32.1 Å². The number of rotatable bonds is 6. The molecule has 0 aliphatic carbocycles. The van der Waals surface area contributed by atoms with Crippen LogP contribution in [0.1, 0.15) is 30.1 Å². The van der Waals surface area contributed by atoms with Crippen molar-refractivity contribution in [1.29, 1.82) is 0 Å². The summed E-state index contributed by atoms with van der Waals surface area (Å²) < 4.78 is 13.1. The number of thiazole rings is 1. The van der Waals surface area contributed by atoms with E-state index in [2.05, 4.69) is 15.2 Å². The van der Waals surface area contributed by atoms with Gasteiger partial charge < -0.3 is 10.2 Å². The lowest BCUT2D eigenvalue weighted by atomic mass is 10.1. The third-order valence-electron chi connectivity index (χ3n) is 4.31. The number of hydrogen-bond acceptors (Lipinski definition) is 5. The summed E-state index contributed by atoms with van der Waals surface area (Å²) in [5.74, 6) is -0.425. The second kappa shape index (κ2) is 7.93. The molecule has 0 unspecified atom stereocenters. The second-order valence-corrected chi connectivity index (χ2v) is 7.29. The molecule has 5 nitrogen and oxygen atoms in total. The normalized spacial score (nSPS) is 15.6. The summed E-state index contributed by atoms with van der Waals surface area (Å²) in [7, 11) is 3.67. The van der Waals surface area contributed by atoms with Gasteiger partial charge in [-0.3, -0.25) is 9.69 Å². The molecule has 0 saturated carbocycles. The fourth-order valence-electron chi connectivity index (χ4n) is 3.03. The fourth-order valence-corrected chi connectivity index (χ4v) is 3.91. The van der Waals surface area contributed by atoms with Crippen molar-refractivity contribution < 1.29 is 9.18 Å². The number of halogens is 1. The molecule has 0 spiro atoms. The van der Waals surface area contributed by atoms with E-state index in [9.17, 15) is 9.18 Å². The molecule has 1 N–H and O–H groups in total. The summed E-state index contributed by atoms with van der Waals surface area (Å²) in [6.07, 6.45) is 2.43. The number of nitrogens with one attached hydrogen (secondary N) is 1. The van der Waals surface area contributed by atoms with Gasteiger partial charge >= 0.3 is 0 Å². The van der Waals surface area contributed by atoms with Crippen LogP contribution in [0.15, 0.2) is 29.6 Å². The molecule has 7 heteroatoms. The number of carbonyl (C=O) groups excluding carboxylic acids is 1. The number of carbonyl (C=O) groups is 1. The molecule has 1 aliphatic rings. The SMILES string of the molecule is CN(C)[C@H](C(=O)NCc1csc(N2CCCC2)n1)c1ccc(F)cc1. The fraction of sp³-hybridized carbons (Fsp3) is 0.444. The summed E-state index contributed by atoms with van der Waals surface area (Å²) in [5, 5.41) is 5.98. The Morgan fingerprint density at radius 2 is 2.00 bits per heavy atom. The molecule has 2 aromatic rings. The van der Waals surface area contributed by atoms with Crippen LogP contribution in [0.2, 0.25) is 0 Å². The van der Waals surface area contributed by atoms with Crippen LogP contribution in [0.4, 0.5) is 9.52 Å². The van der Waals surface area contributed by atoms with Gasteiger partial charge in [0.1, 0.15) is 11.9 Å². The monoisotopic (exact) mass is 362 g/mol. The van der Waals surface area contributed by atoms with Crippen LogP contribution in [0.3, 0.4) is 0 Å². The largest absolute Gasteiger partial charge is 0.349 e. The molecule has 0 radical (unpaired) electrons. The molecule has 1 aliphatic heterocycles. The molecule has 1 amide bonds. The molecule has 1 aromatic carbocycles. The Hall–Kier alpha value is -1.99. The molecule has 1 aromatic heterocycles. The lowest BCUT2D eigenvalue weighted by Crippen LogP contribution is -2.36. The Morgan fingerprint density at radius 3 is 2.64 bits per heavy atom. The standard InChI is InChI=1S/C18H23FN4OS/c1-22(2)16(13-5-7-14(19)8-6-13)17(24)20-11-15-12-25-18(21-15)23-9-3-4-10-23/h5-8,12,16H,3-4,9-11H2,1-2H3,(H,20,24)/t16-/m0/s1. The summed E-state index contributed by atoms with van der Waals surface area (Å²) in [5.41, 5.74) is 1.64. The van der Waals surface area contributed by atoms with Crippen molar-refractivity contribution in [2.45, 2.75) is 25.4 Å². The van der Waals surface area contributed by atoms with Crippen molar-refractivity contribution >= 4 is 22.4 Å². The molecule has 1 atom stereocenters. The third kappa shape index (κ3) is 4.35. The molecular weight excluding hydrogens is 339 g/mol. The number of aromatic nitrogens is 1. The lowest BCUT2D eigenvalue weighted by Gasteiger charge is -2.23. The molecule has 0 bridgehead atoms. The first-order valence-electron chi connectivity index (χ1n) is 8.43. The third-order valence-corrected chi connectivity index (χ3v) is 5.26. The average molecular weight is 362 g/mol. The van der Waals surface area contributed by atoms with E-state index in [4.69, 9.17) is 0 Å². The first-order chi connectivity index (χ1) is 12.0. The molecule has 1 fully saturated rings. The number of amides is 1. The number of likely N-dealkylation sites (N-methyl/N-ethyl adjacent to an activating group) is 1. The Labute approximate surface area is 151 Å². The smallest absolute Gasteiger partial charge is 0.242 e. The van der Waals surface area contributed by atoms with Gasteiger partial charge in [0.2, 0.25) is 5.91 Å². The van der Waals surface area contributed by atoms with Crippen LogP contribution in [-0.4, -0.2) is 43.0 Å². The van der Waals surface area contributed by atoms with E-state index in [1.807, 2.05) is 24.4 Å². The van der Waals surface area contributed by atoms with Gasteiger partial charge in [-0.05, 0) is 44.6 Å². The van der Waals surface area contributed by atoms with Gasteiger partial charge in [0.25, 0.3) is 0 Å². The van der Waals surface area contributed by atoms with Crippen LogP contribution >= 0.6 is 11.3 Å². The van der Waals surface area contributed by atoms with E-state index < -0.39 is 6.04 Å². The first-order valence-corrected chi connectivity index (χ1v) is 9.31.